The molecule has 1 heterocycles. The largest absolute Gasteiger partial charge is 0.294 e. The van der Waals surface area contributed by atoms with Crippen molar-refractivity contribution < 1.29 is 0 Å². The van der Waals surface area contributed by atoms with Gasteiger partial charge in [-0.2, -0.15) is 0 Å². The first-order valence-corrected chi connectivity index (χ1v) is 7.33. The number of hydrogen-bond acceptors (Lipinski definition) is 1. The van der Waals surface area contributed by atoms with E-state index in [-0.39, 0.29) is 0 Å². The minimum atomic E-state index is 0.346. The number of imidazole rings is 1. The molecule has 0 saturated carbocycles. The normalized spacial score (nSPS) is 11.2. The van der Waals surface area contributed by atoms with Gasteiger partial charge in [0.25, 0.3) is 0 Å². The van der Waals surface area contributed by atoms with Gasteiger partial charge in [0.05, 0.1) is 27.6 Å². The van der Waals surface area contributed by atoms with Crippen LogP contribution in [0.1, 0.15) is 17.0 Å². The molecule has 3 aromatic rings. The molecule has 0 aliphatic heterocycles. The molecule has 2 nitrogen and oxygen atoms in total. The maximum Gasteiger partial charge on any atom is 0.129 e. The molecule has 0 fully saturated rings. The third-order valence-electron chi connectivity index (χ3n) is 3.63. The second-order valence-electron chi connectivity index (χ2n) is 4.82. The Morgan fingerprint density at radius 3 is 2.60 bits per heavy atom. The van der Waals surface area contributed by atoms with Crippen LogP contribution in [0.4, 0.5) is 0 Å². The minimum Gasteiger partial charge on any atom is -0.294 e. The number of aromatic nitrogens is 2. The van der Waals surface area contributed by atoms with Gasteiger partial charge in [0.1, 0.15) is 5.82 Å². The molecule has 0 atom stereocenters. The van der Waals surface area contributed by atoms with Gasteiger partial charge in [0, 0.05) is 0 Å². The third kappa shape index (κ3) is 2.00. The summed E-state index contributed by atoms with van der Waals surface area (Å²) < 4.78 is 2.06. The summed E-state index contributed by atoms with van der Waals surface area (Å²) in [5, 5.41) is 0.687. The predicted octanol–water partition coefficient (Wildman–Crippen LogP) is 5.03. The van der Waals surface area contributed by atoms with Gasteiger partial charge in [0.15, 0.2) is 0 Å². The molecule has 4 heteroatoms. The maximum absolute atomic E-state index is 6.37. The summed E-state index contributed by atoms with van der Waals surface area (Å²) in [6, 6.07) is 12.0. The van der Waals surface area contributed by atoms with E-state index in [0.717, 1.165) is 22.5 Å². The monoisotopic (exact) mass is 304 g/mol. The lowest BCUT2D eigenvalue weighted by molar-refractivity contribution is 0.969. The van der Waals surface area contributed by atoms with Crippen LogP contribution in [0.3, 0.4) is 0 Å². The second-order valence-corrected chi connectivity index (χ2v) is 5.50. The number of benzene rings is 2. The summed E-state index contributed by atoms with van der Waals surface area (Å²) in [4.78, 5) is 4.59. The zero-order valence-electron chi connectivity index (χ0n) is 11.3. The van der Waals surface area contributed by atoms with Crippen LogP contribution >= 0.6 is 23.2 Å². The lowest BCUT2D eigenvalue weighted by atomic mass is 10.1. The van der Waals surface area contributed by atoms with Gasteiger partial charge in [-0.15, -0.1) is 11.6 Å². The SMILES string of the molecule is Cc1cccc(-n2c(CCl)nc3cccc(Cl)c32)c1C. The van der Waals surface area contributed by atoms with Crippen LogP contribution in [0, 0.1) is 13.8 Å². The molecule has 0 spiro atoms. The summed E-state index contributed by atoms with van der Waals surface area (Å²) in [5.41, 5.74) is 5.30. The number of halogens is 2. The van der Waals surface area contributed by atoms with Crippen LogP contribution in [0.2, 0.25) is 5.02 Å². The first-order chi connectivity index (χ1) is 9.63. The summed E-state index contributed by atoms with van der Waals surface area (Å²) in [7, 11) is 0. The van der Waals surface area contributed by atoms with Gasteiger partial charge in [-0.05, 0) is 43.2 Å². The van der Waals surface area contributed by atoms with E-state index in [4.69, 9.17) is 23.2 Å². The lowest BCUT2D eigenvalue weighted by Crippen LogP contribution is -2.02. The van der Waals surface area contributed by atoms with Gasteiger partial charge in [-0.1, -0.05) is 29.8 Å². The molecule has 3 rings (SSSR count). The highest BCUT2D eigenvalue weighted by atomic mass is 35.5. The fourth-order valence-corrected chi connectivity index (χ4v) is 2.89. The van der Waals surface area contributed by atoms with E-state index >= 15 is 0 Å². The van der Waals surface area contributed by atoms with Crippen molar-refractivity contribution in [1.29, 1.82) is 0 Å². The van der Waals surface area contributed by atoms with Gasteiger partial charge >= 0.3 is 0 Å². The summed E-state index contributed by atoms with van der Waals surface area (Å²) >= 11 is 12.4. The molecule has 0 bridgehead atoms. The number of rotatable bonds is 2. The molecule has 0 radical (unpaired) electrons. The van der Waals surface area contributed by atoms with Gasteiger partial charge in [-0.25, -0.2) is 4.98 Å². The molecular weight excluding hydrogens is 291 g/mol. The van der Waals surface area contributed by atoms with Crippen LogP contribution in [0.15, 0.2) is 36.4 Å². The summed E-state index contributed by atoms with van der Waals surface area (Å²) in [6.45, 7) is 4.20. The summed E-state index contributed by atoms with van der Waals surface area (Å²) in [5.74, 6) is 1.15. The topological polar surface area (TPSA) is 17.8 Å². The molecule has 0 unspecified atom stereocenters. The Morgan fingerprint density at radius 2 is 1.85 bits per heavy atom. The van der Waals surface area contributed by atoms with Crippen molar-refractivity contribution in [3.05, 3.63) is 58.4 Å². The molecular formula is C16H14Cl2N2. The van der Waals surface area contributed by atoms with Crippen molar-refractivity contribution >= 4 is 34.2 Å². The van der Waals surface area contributed by atoms with Crippen molar-refractivity contribution in [2.75, 3.05) is 0 Å². The van der Waals surface area contributed by atoms with E-state index in [2.05, 4.69) is 35.5 Å². The number of aryl methyl sites for hydroxylation is 1. The van der Waals surface area contributed by atoms with Gasteiger partial charge < -0.3 is 0 Å². The molecule has 102 valence electrons. The third-order valence-corrected chi connectivity index (χ3v) is 4.18. The Hall–Kier alpha value is -1.51. The molecule has 0 aliphatic carbocycles. The van der Waals surface area contributed by atoms with Crippen LogP contribution in [-0.4, -0.2) is 9.55 Å². The van der Waals surface area contributed by atoms with Crippen molar-refractivity contribution in [3.63, 3.8) is 0 Å². The van der Waals surface area contributed by atoms with E-state index in [1.807, 2.05) is 24.3 Å². The predicted molar refractivity (Wildman–Crippen MR) is 85.1 cm³/mol. The quantitative estimate of drug-likeness (QED) is 0.607. The number of nitrogens with zero attached hydrogens (tertiary/aromatic N) is 2. The van der Waals surface area contributed by atoms with E-state index in [9.17, 15) is 0 Å². The number of hydrogen-bond donors (Lipinski definition) is 0. The van der Waals surface area contributed by atoms with E-state index in [1.54, 1.807) is 0 Å². The highest BCUT2D eigenvalue weighted by Gasteiger charge is 2.15. The Balaban J connectivity index is 2.43. The van der Waals surface area contributed by atoms with Crippen molar-refractivity contribution in [1.82, 2.24) is 9.55 Å². The zero-order valence-corrected chi connectivity index (χ0v) is 12.8. The fraction of sp³-hybridized carbons (Fsp3) is 0.188. The average Bonchev–Trinajstić information content (AvgIpc) is 2.82. The highest BCUT2D eigenvalue weighted by Crippen LogP contribution is 2.30. The van der Waals surface area contributed by atoms with E-state index in [0.29, 0.717) is 10.9 Å². The van der Waals surface area contributed by atoms with Crippen molar-refractivity contribution in [2.45, 2.75) is 19.7 Å². The number of para-hydroxylation sites is 1. The fourth-order valence-electron chi connectivity index (χ4n) is 2.46. The smallest absolute Gasteiger partial charge is 0.129 e. The maximum atomic E-state index is 6.37. The Labute approximate surface area is 128 Å². The van der Waals surface area contributed by atoms with Gasteiger partial charge in [0.2, 0.25) is 0 Å². The molecule has 20 heavy (non-hydrogen) atoms. The summed E-state index contributed by atoms with van der Waals surface area (Å²) in [6.07, 6.45) is 0. The Morgan fingerprint density at radius 1 is 1.10 bits per heavy atom. The van der Waals surface area contributed by atoms with Crippen LogP contribution in [-0.2, 0) is 5.88 Å². The Kier molecular flexibility index (Phi) is 3.45. The standard InChI is InChI=1S/C16H14Cl2N2/c1-10-5-3-8-14(11(10)2)20-15(9-17)19-13-7-4-6-12(18)16(13)20/h3-8H,9H2,1-2H3. The molecule has 2 aromatic carbocycles. The second kappa shape index (κ2) is 5.12. The lowest BCUT2D eigenvalue weighted by Gasteiger charge is -2.13. The molecule has 0 amide bonds. The van der Waals surface area contributed by atoms with Crippen LogP contribution in [0.25, 0.3) is 16.7 Å². The van der Waals surface area contributed by atoms with Crippen LogP contribution in [0.5, 0.6) is 0 Å². The van der Waals surface area contributed by atoms with E-state index < -0.39 is 0 Å². The van der Waals surface area contributed by atoms with Crippen molar-refractivity contribution in [2.24, 2.45) is 0 Å². The van der Waals surface area contributed by atoms with Crippen LogP contribution < -0.4 is 0 Å². The first-order valence-electron chi connectivity index (χ1n) is 6.42. The first kappa shape index (κ1) is 13.5. The average molecular weight is 305 g/mol. The number of fused-ring (bicyclic) bond motifs is 1. The molecule has 1 aromatic heterocycles. The highest BCUT2D eigenvalue weighted by molar-refractivity contribution is 6.35. The zero-order chi connectivity index (χ0) is 14.3. The van der Waals surface area contributed by atoms with E-state index in [1.165, 1.54) is 11.1 Å². The minimum absolute atomic E-state index is 0.346. The molecule has 0 aliphatic rings. The number of alkyl halides is 1. The Bertz CT molecular complexity index is 791. The van der Waals surface area contributed by atoms with Gasteiger partial charge in [-0.3, -0.25) is 4.57 Å². The molecule has 0 saturated heterocycles. The molecule has 0 N–H and O–H groups in total. The van der Waals surface area contributed by atoms with Crippen molar-refractivity contribution in [3.8, 4) is 5.69 Å².